The van der Waals surface area contributed by atoms with Gasteiger partial charge in [-0.15, -0.1) is 11.3 Å². The first-order chi connectivity index (χ1) is 17.0. The fourth-order valence-electron chi connectivity index (χ4n) is 4.00. The molecule has 0 aliphatic carbocycles. The molecule has 0 saturated carbocycles. The Morgan fingerprint density at radius 1 is 1.03 bits per heavy atom. The minimum atomic E-state index is -0.543. The van der Waals surface area contributed by atoms with Gasteiger partial charge in [0.05, 0.1) is 13.7 Å². The van der Waals surface area contributed by atoms with E-state index in [1.54, 1.807) is 17.5 Å². The van der Waals surface area contributed by atoms with Gasteiger partial charge in [0.2, 0.25) is 5.91 Å². The maximum Gasteiger partial charge on any atom is 0.341 e. The quantitative estimate of drug-likeness (QED) is 0.465. The molecule has 35 heavy (non-hydrogen) atoms. The highest BCUT2D eigenvalue weighted by molar-refractivity contribution is 7.15. The van der Waals surface area contributed by atoms with Gasteiger partial charge in [-0.05, 0) is 23.3 Å². The number of piperazine rings is 1. The largest absolute Gasteiger partial charge is 0.465 e. The maximum absolute atomic E-state index is 13.3. The van der Waals surface area contributed by atoms with Crippen LogP contribution in [0.4, 0.5) is 9.39 Å². The fourth-order valence-corrected chi connectivity index (χ4v) is 4.97. The van der Waals surface area contributed by atoms with Crippen molar-refractivity contribution in [3.05, 3.63) is 83.0 Å². The average Bonchev–Trinajstić information content (AvgIpc) is 3.29. The number of ether oxygens (including phenoxy) is 1. The van der Waals surface area contributed by atoms with E-state index in [4.69, 9.17) is 4.74 Å². The van der Waals surface area contributed by atoms with Gasteiger partial charge in [0.25, 0.3) is 0 Å². The van der Waals surface area contributed by atoms with Crippen molar-refractivity contribution in [1.29, 1.82) is 0 Å². The summed E-state index contributed by atoms with van der Waals surface area (Å²) in [6.45, 7) is 4.47. The zero-order chi connectivity index (χ0) is 24.6. The van der Waals surface area contributed by atoms with Crippen molar-refractivity contribution in [2.24, 2.45) is 0 Å². The van der Waals surface area contributed by atoms with Crippen LogP contribution in [-0.2, 0) is 9.53 Å². The summed E-state index contributed by atoms with van der Waals surface area (Å²) in [6.07, 6.45) is 4.29. The second-order valence-electron chi connectivity index (χ2n) is 8.29. The number of thiophene rings is 1. The molecule has 2 heterocycles. The number of hydrogen-bond donors (Lipinski definition) is 1. The van der Waals surface area contributed by atoms with E-state index >= 15 is 0 Å². The molecule has 1 amide bonds. The van der Waals surface area contributed by atoms with Crippen molar-refractivity contribution < 1.29 is 18.7 Å². The Hall–Kier alpha value is -3.33. The van der Waals surface area contributed by atoms with E-state index in [0.29, 0.717) is 16.1 Å². The molecular formula is C27H28FN3O3S. The first-order valence-corrected chi connectivity index (χ1v) is 12.3. The van der Waals surface area contributed by atoms with Crippen LogP contribution in [0.5, 0.6) is 0 Å². The molecule has 4 rings (SSSR count). The number of carbonyl (C=O) groups is 2. The number of esters is 1. The number of benzene rings is 2. The summed E-state index contributed by atoms with van der Waals surface area (Å²) >= 11 is 1.26. The number of anilines is 1. The molecule has 1 aliphatic rings. The van der Waals surface area contributed by atoms with Crippen LogP contribution in [-0.4, -0.2) is 68.1 Å². The molecule has 6 nitrogen and oxygen atoms in total. The van der Waals surface area contributed by atoms with Crippen LogP contribution in [0.3, 0.4) is 0 Å². The van der Waals surface area contributed by atoms with Gasteiger partial charge >= 0.3 is 5.97 Å². The zero-order valence-corrected chi connectivity index (χ0v) is 20.4. The third kappa shape index (κ3) is 6.63. The van der Waals surface area contributed by atoms with E-state index in [1.165, 1.54) is 36.1 Å². The van der Waals surface area contributed by atoms with E-state index in [1.807, 2.05) is 18.2 Å². The standard InChI is InChI=1S/C27H28FN3O3S/c1-34-27(33)25-23(21-9-11-22(28)12-10-21)19-35-26(25)29-24(32)18-31-16-14-30(15-17-31)13-5-8-20-6-3-2-4-7-20/h2-12,19H,13-18H2,1H3,(H,29,32). The lowest BCUT2D eigenvalue weighted by molar-refractivity contribution is -0.117. The van der Waals surface area contributed by atoms with Crippen LogP contribution in [0.1, 0.15) is 15.9 Å². The van der Waals surface area contributed by atoms with Crippen LogP contribution < -0.4 is 5.32 Å². The molecule has 8 heteroatoms. The van der Waals surface area contributed by atoms with Crippen molar-refractivity contribution in [2.45, 2.75) is 0 Å². The van der Waals surface area contributed by atoms with Gasteiger partial charge in [0.1, 0.15) is 16.4 Å². The highest BCUT2D eigenvalue weighted by Gasteiger charge is 2.24. The van der Waals surface area contributed by atoms with Gasteiger partial charge in [0.15, 0.2) is 0 Å². The number of carbonyl (C=O) groups excluding carboxylic acids is 2. The zero-order valence-electron chi connectivity index (χ0n) is 19.6. The minimum Gasteiger partial charge on any atom is -0.465 e. The summed E-state index contributed by atoms with van der Waals surface area (Å²) in [4.78, 5) is 29.7. The molecular weight excluding hydrogens is 465 g/mol. The molecule has 1 saturated heterocycles. The number of rotatable bonds is 8. The lowest BCUT2D eigenvalue weighted by Crippen LogP contribution is -2.48. The predicted molar refractivity (Wildman–Crippen MR) is 138 cm³/mol. The van der Waals surface area contributed by atoms with Crippen LogP contribution in [0.15, 0.2) is 66.1 Å². The minimum absolute atomic E-state index is 0.180. The molecule has 182 valence electrons. The van der Waals surface area contributed by atoms with Crippen molar-refractivity contribution >= 4 is 34.3 Å². The summed E-state index contributed by atoms with van der Waals surface area (Å²) in [5, 5.41) is 5.09. The van der Waals surface area contributed by atoms with Crippen LogP contribution in [0.2, 0.25) is 0 Å². The SMILES string of the molecule is COC(=O)c1c(-c2ccc(F)cc2)csc1NC(=O)CN1CCN(CC=Cc2ccccc2)CC1. The van der Waals surface area contributed by atoms with E-state index in [9.17, 15) is 14.0 Å². The molecule has 0 radical (unpaired) electrons. The van der Waals surface area contributed by atoms with Gasteiger partial charge < -0.3 is 10.1 Å². The Kier molecular flexibility index (Phi) is 8.41. The number of halogens is 1. The third-order valence-electron chi connectivity index (χ3n) is 5.89. The molecule has 1 fully saturated rings. The second-order valence-corrected chi connectivity index (χ2v) is 9.17. The second kappa shape index (κ2) is 11.9. The van der Waals surface area contributed by atoms with Crippen molar-refractivity contribution in [1.82, 2.24) is 9.80 Å². The van der Waals surface area contributed by atoms with Crippen LogP contribution >= 0.6 is 11.3 Å². The molecule has 3 aromatic rings. The lowest BCUT2D eigenvalue weighted by atomic mass is 10.0. The normalized spacial score (nSPS) is 14.8. The van der Waals surface area contributed by atoms with Gasteiger partial charge in [-0.2, -0.15) is 0 Å². The van der Waals surface area contributed by atoms with Crippen molar-refractivity contribution in [3.8, 4) is 11.1 Å². The monoisotopic (exact) mass is 493 g/mol. The molecule has 2 aromatic carbocycles. The van der Waals surface area contributed by atoms with Gasteiger partial charge in [0, 0.05) is 43.7 Å². The number of hydrogen-bond acceptors (Lipinski definition) is 6. The first-order valence-electron chi connectivity index (χ1n) is 11.5. The Morgan fingerprint density at radius 3 is 2.40 bits per heavy atom. The smallest absolute Gasteiger partial charge is 0.341 e. The van der Waals surface area contributed by atoms with Gasteiger partial charge in [-0.1, -0.05) is 54.6 Å². The molecule has 0 bridgehead atoms. The van der Waals surface area contributed by atoms with Crippen molar-refractivity contribution in [3.63, 3.8) is 0 Å². The number of amides is 1. The van der Waals surface area contributed by atoms with Crippen LogP contribution in [0.25, 0.3) is 17.2 Å². The number of methoxy groups -OCH3 is 1. The number of nitrogens with one attached hydrogen (secondary N) is 1. The van der Waals surface area contributed by atoms with Crippen LogP contribution in [0, 0.1) is 5.82 Å². The van der Waals surface area contributed by atoms with Gasteiger partial charge in [-0.25, -0.2) is 9.18 Å². The molecule has 1 aromatic heterocycles. The molecule has 1 N–H and O–H groups in total. The summed E-state index contributed by atoms with van der Waals surface area (Å²) in [5.41, 5.74) is 2.76. The van der Waals surface area contributed by atoms with E-state index < -0.39 is 5.97 Å². The Labute approximate surface area is 208 Å². The molecule has 0 unspecified atom stereocenters. The molecule has 0 atom stereocenters. The fraction of sp³-hybridized carbons (Fsp3) is 0.259. The van der Waals surface area contributed by atoms with E-state index in [-0.39, 0.29) is 23.8 Å². The molecule has 1 aliphatic heterocycles. The number of nitrogens with zero attached hydrogens (tertiary/aromatic N) is 2. The maximum atomic E-state index is 13.3. The highest BCUT2D eigenvalue weighted by atomic mass is 32.1. The Morgan fingerprint density at radius 2 is 1.71 bits per heavy atom. The summed E-state index contributed by atoms with van der Waals surface area (Å²) in [6, 6.07) is 16.1. The Balaban J connectivity index is 1.31. The average molecular weight is 494 g/mol. The van der Waals surface area contributed by atoms with E-state index in [2.05, 4.69) is 39.4 Å². The Bertz CT molecular complexity index is 1170. The third-order valence-corrected chi connectivity index (χ3v) is 6.79. The lowest BCUT2D eigenvalue weighted by Gasteiger charge is -2.33. The summed E-state index contributed by atoms with van der Waals surface area (Å²) in [5.74, 6) is -1.08. The first kappa shape index (κ1) is 24.8. The highest BCUT2D eigenvalue weighted by Crippen LogP contribution is 2.36. The predicted octanol–water partition coefficient (Wildman–Crippen LogP) is 4.61. The van der Waals surface area contributed by atoms with Crippen molar-refractivity contribution in [2.75, 3.05) is 51.7 Å². The topological polar surface area (TPSA) is 61.9 Å². The van der Waals surface area contributed by atoms with Gasteiger partial charge in [-0.3, -0.25) is 14.6 Å². The summed E-state index contributed by atoms with van der Waals surface area (Å²) in [7, 11) is 1.30. The summed E-state index contributed by atoms with van der Waals surface area (Å²) < 4.78 is 18.3. The molecule has 0 spiro atoms. The van der Waals surface area contributed by atoms with E-state index in [0.717, 1.165) is 32.7 Å².